The van der Waals surface area contributed by atoms with E-state index in [1.165, 1.54) is 9.75 Å². The van der Waals surface area contributed by atoms with Crippen LogP contribution in [0.25, 0.3) is 0 Å². The van der Waals surface area contributed by atoms with Gasteiger partial charge in [0.2, 0.25) is 0 Å². The molecule has 1 rings (SSSR count). The molecule has 13 heavy (non-hydrogen) atoms. The van der Waals surface area contributed by atoms with E-state index in [2.05, 4.69) is 32.9 Å². The largest absolute Gasteiger partial charge is 0.328 e. The summed E-state index contributed by atoms with van der Waals surface area (Å²) in [5, 5.41) is 0. The Kier molecular flexibility index (Phi) is 3.94. The maximum atomic E-state index is 5.83. The summed E-state index contributed by atoms with van der Waals surface area (Å²) in [5.74, 6) is 0.586. The molecular formula is C11H19NS. The van der Waals surface area contributed by atoms with Crippen molar-refractivity contribution in [2.75, 3.05) is 0 Å². The van der Waals surface area contributed by atoms with Crippen molar-refractivity contribution in [3.8, 4) is 0 Å². The molecule has 0 aliphatic carbocycles. The number of hydrogen-bond donors (Lipinski definition) is 1. The Morgan fingerprint density at radius 1 is 1.31 bits per heavy atom. The minimum atomic E-state index is 0.298. The first kappa shape index (κ1) is 10.7. The van der Waals surface area contributed by atoms with Crippen molar-refractivity contribution in [3.05, 3.63) is 21.9 Å². The summed E-state index contributed by atoms with van der Waals surface area (Å²) in [6, 6.07) is 4.77. The molecule has 2 atom stereocenters. The second kappa shape index (κ2) is 4.77. The smallest absolute Gasteiger partial charge is 0.00514 e. The molecule has 1 aromatic rings. The topological polar surface area (TPSA) is 26.0 Å². The van der Waals surface area contributed by atoms with Gasteiger partial charge in [-0.05, 0) is 37.8 Å². The third-order valence-corrected chi connectivity index (χ3v) is 3.74. The molecule has 1 aromatic heterocycles. The van der Waals surface area contributed by atoms with Crippen molar-refractivity contribution in [1.82, 2.24) is 0 Å². The molecule has 0 saturated carbocycles. The quantitative estimate of drug-likeness (QED) is 0.789. The standard InChI is InChI=1S/C11H19NS/c1-4-10-5-6-11(13-10)7-8(2)9(3)12/h5-6,8-9H,4,7,12H2,1-3H3. The summed E-state index contributed by atoms with van der Waals surface area (Å²) in [7, 11) is 0. The van der Waals surface area contributed by atoms with Gasteiger partial charge in [-0.15, -0.1) is 11.3 Å². The van der Waals surface area contributed by atoms with Gasteiger partial charge in [-0.2, -0.15) is 0 Å². The van der Waals surface area contributed by atoms with Crippen molar-refractivity contribution in [3.63, 3.8) is 0 Å². The minimum absolute atomic E-state index is 0.298. The molecular weight excluding hydrogens is 178 g/mol. The van der Waals surface area contributed by atoms with Crippen LogP contribution in [0.3, 0.4) is 0 Å². The van der Waals surface area contributed by atoms with E-state index in [1.807, 2.05) is 11.3 Å². The van der Waals surface area contributed by atoms with Gasteiger partial charge < -0.3 is 5.73 Å². The van der Waals surface area contributed by atoms with Crippen LogP contribution in [-0.4, -0.2) is 6.04 Å². The van der Waals surface area contributed by atoms with E-state index in [9.17, 15) is 0 Å². The third-order valence-electron chi connectivity index (χ3n) is 2.49. The van der Waals surface area contributed by atoms with Crippen molar-refractivity contribution in [2.45, 2.75) is 39.7 Å². The lowest BCUT2D eigenvalue weighted by atomic mass is 10.00. The molecule has 1 nitrogen and oxygen atoms in total. The van der Waals surface area contributed by atoms with Gasteiger partial charge in [-0.1, -0.05) is 13.8 Å². The molecule has 0 aliphatic heterocycles. The fraction of sp³-hybridized carbons (Fsp3) is 0.636. The first-order valence-corrected chi connectivity index (χ1v) is 5.78. The van der Waals surface area contributed by atoms with E-state index in [4.69, 9.17) is 5.73 Å². The zero-order valence-corrected chi connectivity index (χ0v) is 9.53. The summed E-state index contributed by atoms with van der Waals surface area (Å²) >= 11 is 1.92. The SMILES string of the molecule is CCc1ccc(CC(C)C(C)N)s1. The van der Waals surface area contributed by atoms with E-state index in [-0.39, 0.29) is 0 Å². The monoisotopic (exact) mass is 197 g/mol. The molecule has 0 saturated heterocycles. The summed E-state index contributed by atoms with van der Waals surface area (Å²) in [6.45, 7) is 6.50. The van der Waals surface area contributed by atoms with Crippen LogP contribution in [-0.2, 0) is 12.8 Å². The van der Waals surface area contributed by atoms with Crippen molar-refractivity contribution >= 4 is 11.3 Å². The van der Waals surface area contributed by atoms with Crippen LogP contribution in [0.15, 0.2) is 12.1 Å². The Morgan fingerprint density at radius 3 is 2.38 bits per heavy atom. The predicted octanol–water partition coefficient (Wildman–Crippen LogP) is 2.84. The van der Waals surface area contributed by atoms with Crippen LogP contribution in [0.4, 0.5) is 0 Å². The average molecular weight is 197 g/mol. The number of hydrogen-bond acceptors (Lipinski definition) is 2. The van der Waals surface area contributed by atoms with E-state index in [1.54, 1.807) is 0 Å². The van der Waals surface area contributed by atoms with Crippen LogP contribution in [0.5, 0.6) is 0 Å². The minimum Gasteiger partial charge on any atom is -0.328 e. The highest BCUT2D eigenvalue weighted by molar-refractivity contribution is 7.11. The zero-order chi connectivity index (χ0) is 9.84. The normalized spacial score (nSPS) is 15.7. The Morgan fingerprint density at radius 2 is 1.92 bits per heavy atom. The fourth-order valence-corrected chi connectivity index (χ4v) is 2.32. The Balaban J connectivity index is 2.53. The summed E-state index contributed by atoms with van der Waals surface area (Å²) in [5.41, 5.74) is 5.83. The Hall–Kier alpha value is -0.340. The van der Waals surface area contributed by atoms with E-state index in [0.717, 1.165) is 12.8 Å². The zero-order valence-electron chi connectivity index (χ0n) is 8.71. The van der Waals surface area contributed by atoms with Crippen LogP contribution in [0.2, 0.25) is 0 Å². The van der Waals surface area contributed by atoms with Crippen LogP contribution in [0, 0.1) is 5.92 Å². The number of nitrogens with two attached hydrogens (primary N) is 1. The number of rotatable bonds is 4. The van der Waals surface area contributed by atoms with Crippen LogP contribution < -0.4 is 5.73 Å². The Labute approximate surface area is 85.0 Å². The highest BCUT2D eigenvalue weighted by atomic mass is 32.1. The molecule has 0 spiro atoms. The molecule has 0 radical (unpaired) electrons. The second-order valence-corrected chi connectivity index (χ2v) is 5.01. The first-order chi connectivity index (χ1) is 6.13. The lowest BCUT2D eigenvalue weighted by molar-refractivity contribution is 0.485. The summed E-state index contributed by atoms with van der Waals surface area (Å²) in [6.07, 6.45) is 2.28. The van der Waals surface area contributed by atoms with Crippen molar-refractivity contribution in [2.24, 2.45) is 11.7 Å². The maximum Gasteiger partial charge on any atom is 0.00514 e. The molecule has 74 valence electrons. The van der Waals surface area contributed by atoms with E-state index >= 15 is 0 Å². The molecule has 0 bridgehead atoms. The van der Waals surface area contributed by atoms with Crippen LogP contribution in [0.1, 0.15) is 30.5 Å². The lowest BCUT2D eigenvalue weighted by Crippen LogP contribution is -2.25. The summed E-state index contributed by atoms with van der Waals surface area (Å²) in [4.78, 5) is 2.95. The molecule has 0 fully saturated rings. The first-order valence-electron chi connectivity index (χ1n) is 4.96. The highest BCUT2D eigenvalue weighted by Gasteiger charge is 2.09. The van der Waals surface area contributed by atoms with E-state index < -0.39 is 0 Å². The number of thiophene rings is 1. The molecule has 2 N–H and O–H groups in total. The van der Waals surface area contributed by atoms with Gasteiger partial charge in [-0.3, -0.25) is 0 Å². The predicted molar refractivity (Wildman–Crippen MR) is 60.2 cm³/mol. The van der Waals surface area contributed by atoms with Gasteiger partial charge in [0.15, 0.2) is 0 Å². The average Bonchev–Trinajstić information content (AvgIpc) is 2.52. The molecule has 1 heterocycles. The van der Waals surface area contributed by atoms with Crippen molar-refractivity contribution in [1.29, 1.82) is 0 Å². The van der Waals surface area contributed by atoms with E-state index in [0.29, 0.717) is 12.0 Å². The summed E-state index contributed by atoms with van der Waals surface area (Å²) < 4.78 is 0. The van der Waals surface area contributed by atoms with Gasteiger partial charge in [0, 0.05) is 15.8 Å². The van der Waals surface area contributed by atoms with Gasteiger partial charge >= 0.3 is 0 Å². The lowest BCUT2D eigenvalue weighted by Gasteiger charge is -2.13. The van der Waals surface area contributed by atoms with Crippen LogP contribution >= 0.6 is 11.3 Å². The van der Waals surface area contributed by atoms with Gasteiger partial charge in [0.25, 0.3) is 0 Å². The second-order valence-electron chi connectivity index (χ2n) is 3.76. The van der Waals surface area contributed by atoms with Gasteiger partial charge in [0.1, 0.15) is 0 Å². The molecule has 0 aliphatic rings. The van der Waals surface area contributed by atoms with Gasteiger partial charge in [0.05, 0.1) is 0 Å². The van der Waals surface area contributed by atoms with Crippen molar-refractivity contribution < 1.29 is 0 Å². The molecule has 0 aromatic carbocycles. The molecule has 2 unspecified atom stereocenters. The third kappa shape index (κ3) is 3.12. The molecule has 0 amide bonds. The highest BCUT2D eigenvalue weighted by Crippen LogP contribution is 2.20. The fourth-order valence-electron chi connectivity index (χ4n) is 1.23. The molecule has 2 heteroatoms. The maximum absolute atomic E-state index is 5.83. The number of aryl methyl sites for hydroxylation is 1. The van der Waals surface area contributed by atoms with Gasteiger partial charge in [-0.25, -0.2) is 0 Å². The Bertz CT molecular complexity index is 252.